The summed E-state index contributed by atoms with van der Waals surface area (Å²) in [5.74, 6) is -0.145. The molecule has 1 atom stereocenters. The van der Waals surface area contributed by atoms with Crippen molar-refractivity contribution in [2.75, 3.05) is 42.9 Å². The van der Waals surface area contributed by atoms with Crippen LogP contribution in [0.25, 0.3) is 0 Å². The maximum atomic E-state index is 13.9. The van der Waals surface area contributed by atoms with Crippen LogP contribution >= 0.6 is 11.6 Å². The monoisotopic (exact) mass is 558 g/mol. The molecule has 40 heavy (non-hydrogen) atoms. The van der Waals surface area contributed by atoms with Gasteiger partial charge < -0.3 is 20.4 Å². The molecule has 7 nitrogen and oxygen atoms in total. The third-order valence-corrected chi connectivity index (χ3v) is 8.13. The number of carbonyl (C=O) groups excluding carboxylic acids is 3. The lowest BCUT2D eigenvalue weighted by molar-refractivity contribution is -0.132. The Bertz CT molecular complexity index is 1430. The van der Waals surface area contributed by atoms with Crippen LogP contribution in [-0.4, -0.2) is 55.3 Å². The molecule has 1 unspecified atom stereocenters. The highest BCUT2D eigenvalue weighted by Gasteiger charge is 2.30. The number of aryl methyl sites for hydroxylation is 2. The number of nitrogens with one attached hydrogen (secondary N) is 2. The first-order valence-corrected chi connectivity index (χ1v) is 14.3. The van der Waals surface area contributed by atoms with Crippen LogP contribution in [-0.2, 0) is 4.79 Å². The Morgan fingerprint density at radius 3 is 2.45 bits per heavy atom. The highest BCUT2D eigenvalue weighted by atomic mass is 35.5. The third-order valence-electron chi connectivity index (χ3n) is 7.89. The number of piperazine rings is 1. The second kappa shape index (κ2) is 12.2. The zero-order valence-corrected chi connectivity index (χ0v) is 23.8. The maximum absolute atomic E-state index is 13.9. The first-order chi connectivity index (χ1) is 19.3. The van der Waals surface area contributed by atoms with Gasteiger partial charge in [0.1, 0.15) is 0 Å². The summed E-state index contributed by atoms with van der Waals surface area (Å²) in [6.07, 6.45) is 1.99. The van der Waals surface area contributed by atoms with E-state index >= 15 is 0 Å². The molecule has 0 bridgehead atoms. The van der Waals surface area contributed by atoms with E-state index in [4.69, 9.17) is 11.6 Å². The van der Waals surface area contributed by atoms with E-state index in [1.54, 1.807) is 24.3 Å². The Hall–Kier alpha value is -3.68. The van der Waals surface area contributed by atoms with Crippen LogP contribution in [0.5, 0.6) is 0 Å². The summed E-state index contributed by atoms with van der Waals surface area (Å²) >= 11 is 6.42. The fraction of sp³-hybridized carbons (Fsp3) is 0.344. The number of hydrogen-bond donors (Lipinski definition) is 2. The summed E-state index contributed by atoms with van der Waals surface area (Å²) in [5, 5.41) is 6.84. The first-order valence-electron chi connectivity index (χ1n) is 13.9. The third kappa shape index (κ3) is 6.06. The van der Waals surface area contributed by atoms with Gasteiger partial charge in [-0.3, -0.25) is 14.4 Å². The number of carbonyl (C=O) groups is 3. The molecule has 2 heterocycles. The van der Waals surface area contributed by atoms with E-state index < -0.39 is 0 Å². The number of halogens is 1. The van der Waals surface area contributed by atoms with E-state index in [1.165, 1.54) is 0 Å². The van der Waals surface area contributed by atoms with Crippen molar-refractivity contribution in [1.29, 1.82) is 0 Å². The number of fused-ring (bicyclic) bond motifs is 1. The molecule has 3 amide bonds. The molecular weight excluding hydrogens is 524 g/mol. The molecule has 2 aliphatic heterocycles. The van der Waals surface area contributed by atoms with Crippen molar-refractivity contribution < 1.29 is 14.4 Å². The van der Waals surface area contributed by atoms with Gasteiger partial charge >= 0.3 is 0 Å². The van der Waals surface area contributed by atoms with Crippen molar-refractivity contribution in [3.8, 4) is 0 Å². The van der Waals surface area contributed by atoms with Gasteiger partial charge in [0.15, 0.2) is 0 Å². The summed E-state index contributed by atoms with van der Waals surface area (Å²) in [7, 11) is 0. The van der Waals surface area contributed by atoms with Crippen LogP contribution in [0.2, 0.25) is 5.02 Å². The second-order valence-electron chi connectivity index (χ2n) is 10.6. The Morgan fingerprint density at radius 1 is 0.925 bits per heavy atom. The Morgan fingerprint density at radius 2 is 1.70 bits per heavy atom. The summed E-state index contributed by atoms with van der Waals surface area (Å²) in [6.45, 7) is 7.41. The Kier molecular flexibility index (Phi) is 8.52. The molecule has 8 heteroatoms. The van der Waals surface area contributed by atoms with Crippen molar-refractivity contribution in [3.63, 3.8) is 0 Å². The summed E-state index contributed by atoms with van der Waals surface area (Å²) < 4.78 is 0. The van der Waals surface area contributed by atoms with Gasteiger partial charge in [0.25, 0.3) is 11.8 Å². The molecule has 0 saturated carbocycles. The normalized spacial score (nSPS) is 17.1. The minimum atomic E-state index is -0.184. The van der Waals surface area contributed by atoms with Gasteiger partial charge in [0.2, 0.25) is 5.91 Å². The first kappa shape index (κ1) is 27.9. The van der Waals surface area contributed by atoms with Gasteiger partial charge in [-0.15, -0.1) is 0 Å². The van der Waals surface area contributed by atoms with E-state index in [0.29, 0.717) is 34.8 Å². The molecule has 0 aromatic heterocycles. The largest absolute Gasteiger partial charge is 0.340 e. The summed E-state index contributed by atoms with van der Waals surface area (Å²) in [4.78, 5) is 43.6. The SMILES string of the molecule is Cc1ccccc1C(=O)Nc1ccc(C(=O)N2CCCC(CC(=O)N3CCNCC3)c3cc(Cl)ccc32)c(C)c1. The van der Waals surface area contributed by atoms with E-state index in [0.717, 1.165) is 61.4 Å². The van der Waals surface area contributed by atoms with Crippen molar-refractivity contribution in [2.24, 2.45) is 0 Å². The predicted molar refractivity (Wildman–Crippen MR) is 159 cm³/mol. The van der Waals surface area contributed by atoms with Crippen LogP contribution in [0.3, 0.4) is 0 Å². The number of benzene rings is 3. The van der Waals surface area contributed by atoms with Crippen molar-refractivity contribution in [2.45, 2.75) is 39.0 Å². The topological polar surface area (TPSA) is 81.8 Å². The van der Waals surface area contributed by atoms with Crippen LogP contribution in [0.1, 0.15) is 62.6 Å². The Balaban J connectivity index is 1.37. The zero-order valence-electron chi connectivity index (χ0n) is 23.0. The van der Waals surface area contributed by atoms with Crippen LogP contribution < -0.4 is 15.5 Å². The molecular formula is C32H35ClN4O3. The number of anilines is 2. The standard InChI is InChI=1S/C32H35ClN4O3/c1-21-6-3-4-8-26(21)31(39)35-25-10-11-27(22(2)18-25)32(40)37-15-5-7-23(28-20-24(33)9-12-29(28)37)19-30(38)36-16-13-34-14-17-36/h3-4,6,8-12,18,20,23,34H,5,7,13-17,19H2,1-2H3,(H,35,39). The van der Waals surface area contributed by atoms with Crippen molar-refractivity contribution in [3.05, 3.63) is 93.5 Å². The molecule has 208 valence electrons. The lowest BCUT2D eigenvalue weighted by Crippen LogP contribution is -2.46. The second-order valence-corrected chi connectivity index (χ2v) is 11.1. The number of rotatable bonds is 5. The van der Waals surface area contributed by atoms with E-state index in [1.807, 2.05) is 60.0 Å². The lowest BCUT2D eigenvalue weighted by atomic mass is 9.90. The summed E-state index contributed by atoms with van der Waals surface area (Å²) in [6, 6.07) is 18.4. The zero-order chi connectivity index (χ0) is 28.2. The van der Waals surface area contributed by atoms with Gasteiger partial charge in [-0.05, 0) is 91.8 Å². The quantitative estimate of drug-likeness (QED) is 0.430. The number of hydrogen-bond acceptors (Lipinski definition) is 4. The highest BCUT2D eigenvalue weighted by molar-refractivity contribution is 6.30. The smallest absolute Gasteiger partial charge is 0.258 e. The number of amides is 3. The average Bonchev–Trinajstić information content (AvgIpc) is 3.12. The Labute approximate surface area is 240 Å². The molecule has 1 saturated heterocycles. The maximum Gasteiger partial charge on any atom is 0.258 e. The van der Waals surface area contributed by atoms with E-state index in [2.05, 4.69) is 10.6 Å². The van der Waals surface area contributed by atoms with Crippen LogP contribution in [0.4, 0.5) is 11.4 Å². The molecule has 3 aromatic carbocycles. The van der Waals surface area contributed by atoms with Crippen LogP contribution in [0, 0.1) is 13.8 Å². The average molecular weight is 559 g/mol. The number of nitrogens with zero attached hydrogens (tertiary/aromatic N) is 2. The molecule has 0 aliphatic carbocycles. The molecule has 2 aliphatic rings. The molecule has 1 fully saturated rings. The van der Waals surface area contributed by atoms with Crippen molar-refractivity contribution >= 4 is 40.7 Å². The van der Waals surface area contributed by atoms with Gasteiger partial charge in [0.05, 0.1) is 0 Å². The van der Waals surface area contributed by atoms with E-state index in [9.17, 15) is 14.4 Å². The van der Waals surface area contributed by atoms with Gasteiger partial charge in [-0.25, -0.2) is 0 Å². The summed E-state index contributed by atoms with van der Waals surface area (Å²) in [5.41, 5.74) is 5.25. The van der Waals surface area contributed by atoms with Crippen LogP contribution in [0.15, 0.2) is 60.7 Å². The minimum Gasteiger partial charge on any atom is -0.340 e. The minimum absolute atomic E-state index is 0.00554. The lowest BCUT2D eigenvalue weighted by Gasteiger charge is -2.29. The fourth-order valence-electron chi connectivity index (χ4n) is 5.70. The highest BCUT2D eigenvalue weighted by Crippen LogP contribution is 2.39. The van der Waals surface area contributed by atoms with Gasteiger partial charge in [-0.2, -0.15) is 0 Å². The molecule has 0 radical (unpaired) electrons. The fourth-order valence-corrected chi connectivity index (χ4v) is 5.88. The molecule has 0 spiro atoms. The molecule has 2 N–H and O–H groups in total. The van der Waals surface area contributed by atoms with Gasteiger partial charge in [-0.1, -0.05) is 29.8 Å². The van der Waals surface area contributed by atoms with E-state index in [-0.39, 0.29) is 23.6 Å². The molecule has 5 rings (SSSR count). The van der Waals surface area contributed by atoms with Crippen molar-refractivity contribution in [1.82, 2.24) is 10.2 Å². The van der Waals surface area contributed by atoms with Gasteiger partial charge in [0, 0.05) is 66.7 Å². The predicted octanol–water partition coefficient (Wildman–Crippen LogP) is 5.56. The molecule has 3 aromatic rings.